The third kappa shape index (κ3) is 5.59. The lowest BCUT2D eigenvalue weighted by atomic mass is 10.5. The maximum atomic E-state index is 5.45. The molecule has 1 rings (SSSR count). The van der Waals surface area contributed by atoms with Crippen LogP contribution in [-0.4, -0.2) is 31.0 Å². The van der Waals surface area contributed by atoms with Crippen molar-refractivity contribution in [3.8, 4) is 0 Å². The number of nitrogens with one attached hydrogen (secondary N) is 1. The molecule has 0 saturated heterocycles. The zero-order valence-corrected chi connectivity index (χ0v) is 11.7. The summed E-state index contributed by atoms with van der Waals surface area (Å²) in [5.74, 6) is 0. The van der Waals surface area contributed by atoms with Gasteiger partial charge in [0, 0.05) is 37.4 Å². The number of aromatic nitrogens is 1. The third-order valence-corrected chi connectivity index (χ3v) is 3.36. The Balaban J connectivity index is 2.24. The van der Waals surface area contributed by atoms with Crippen LogP contribution in [0.1, 0.15) is 30.7 Å². The van der Waals surface area contributed by atoms with E-state index in [-0.39, 0.29) is 6.29 Å². The highest BCUT2D eigenvalue weighted by molar-refractivity contribution is 7.11. The second kappa shape index (κ2) is 8.58. The van der Waals surface area contributed by atoms with Crippen molar-refractivity contribution < 1.29 is 9.47 Å². The minimum absolute atomic E-state index is 0.149. The highest BCUT2D eigenvalue weighted by Crippen LogP contribution is 2.12. The van der Waals surface area contributed by atoms with Gasteiger partial charge in [0.25, 0.3) is 0 Å². The van der Waals surface area contributed by atoms with Crippen LogP contribution in [0.2, 0.25) is 0 Å². The summed E-state index contributed by atoms with van der Waals surface area (Å²) < 4.78 is 10.9. The standard InChI is InChI=1S/C12H22N2O2S/c1-4-11-14-8-10(17-11)7-13-9-12(15-5-2)16-6-3/h8,12-13H,4-7,9H2,1-3H3. The number of hydrogen-bond donors (Lipinski definition) is 1. The number of hydrogen-bond acceptors (Lipinski definition) is 5. The van der Waals surface area contributed by atoms with Gasteiger partial charge in [-0.25, -0.2) is 4.98 Å². The molecule has 0 spiro atoms. The highest BCUT2D eigenvalue weighted by atomic mass is 32.1. The molecule has 1 heterocycles. The SMILES string of the molecule is CCOC(CNCc1cnc(CC)s1)OCC. The largest absolute Gasteiger partial charge is 0.352 e. The van der Waals surface area contributed by atoms with Crippen molar-refractivity contribution in [2.45, 2.75) is 40.0 Å². The lowest BCUT2D eigenvalue weighted by Crippen LogP contribution is -2.31. The van der Waals surface area contributed by atoms with Crippen LogP contribution in [0.3, 0.4) is 0 Å². The van der Waals surface area contributed by atoms with Crippen LogP contribution >= 0.6 is 11.3 Å². The monoisotopic (exact) mass is 258 g/mol. The van der Waals surface area contributed by atoms with E-state index in [0.29, 0.717) is 19.8 Å². The zero-order valence-electron chi connectivity index (χ0n) is 10.9. The quantitative estimate of drug-likeness (QED) is 0.690. The van der Waals surface area contributed by atoms with E-state index in [1.54, 1.807) is 11.3 Å². The van der Waals surface area contributed by atoms with E-state index in [2.05, 4.69) is 17.2 Å². The Morgan fingerprint density at radius 2 is 2.00 bits per heavy atom. The van der Waals surface area contributed by atoms with E-state index >= 15 is 0 Å². The van der Waals surface area contributed by atoms with Gasteiger partial charge in [0.05, 0.1) is 5.01 Å². The van der Waals surface area contributed by atoms with Gasteiger partial charge in [0.15, 0.2) is 6.29 Å². The molecule has 0 aliphatic carbocycles. The van der Waals surface area contributed by atoms with Crippen LogP contribution in [0.15, 0.2) is 6.20 Å². The van der Waals surface area contributed by atoms with Gasteiger partial charge in [-0.3, -0.25) is 0 Å². The molecule has 98 valence electrons. The molecule has 0 aromatic carbocycles. The average molecular weight is 258 g/mol. The average Bonchev–Trinajstić information content (AvgIpc) is 2.77. The Morgan fingerprint density at radius 1 is 1.29 bits per heavy atom. The summed E-state index contributed by atoms with van der Waals surface area (Å²) in [6.45, 7) is 8.96. The molecule has 4 nitrogen and oxygen atoms in total. The van der Waals surface area contributed by atoms with Crippen molar-refractivity contribution in [1.82, 2.24) is 10.3 Å². The molecule has 0 saturated carbocycles. The molecule has 1 aromatic rings. The minimum atomic E-state index is -0.149. The van der Waals surface area contributed by atoms with E-state index in [1.165, 1.54) is 9.88 Å². The topological polar surface area (TPSA) is 43.4 Å². The molecule has 17 heavy (non-hydrogen) atoms. The summed E-state index contributed by atoms with van der Waals surface area (Å²) in [4.78, 5) is 5.58. The first kappa shape index (κ1) is 14.6. The number of ether oxygens (including phenoxy) is 2. The summed E-state index contributed by atoms with van der Waals surface area (Å²) in [7, 11) is 0. The molecule has 1 N–H and O–H groups in total. The predicted octanol–water partition coefficient (Wildman–Crippen LogP) is 2.19. The van der Waals surface area contributed by atoms with Crippen molar-refractivity contribution >= 4 is 11.3 Å². The molecule has 0 bridgehead atoms. The van der Waals surface area contributed by atoms with Gasteiger partial charge in [-0.2, -0.15) is 0 Å². The fraction of sp³-hybridized carbons (Fsp3) is 0.750. The molecule has 0 amide bonds. The Kier molecular flexibility index (Phi) is 7.35. The Labute approximate surface area is 107 Å². The van der Waals surface area contributed by atoms with Crippen molar-refractivity contribution in [3.05, 3.63) is 16.1 Å². The molecule has 5 heteroatoms. The van der Waals surface area contributed by atoms with Crippen LogP contribution in [0.5, 0.6) is 0 Å². The van der Waals surface area contributed by atoms with Gasteiger partial charge in [-0.1, -0.05) is 6.92 Å². The molecule has 0 fully saturated rings. The van der Waals surface area contributed by atoms with Crippen molar-refractivity contribution in [2.24, 2.45) is 0 Å². The number of thiazole rings is 1. The Hall–Kier alpha value is -0.490. The fourth-order valence-corrected chi connectivity index (χ4v) is 2.28. The summed E-state index contributed by atoms with van der Waals surface area (Å²) in [6.07, 6.45) is 2.79. The summed E-state index contributed by atoms with van der Waals surface area (Å²) in [6, 6.07) is 0. The van der Waals surface area contributed by atoms with Gasteiger partial charge in [0.2, 0.25) is 0 Å². The van der Waals surface area contributed by atoms with Crippen LogP contribution in [0, 0.1) is 0 Å². The zero-order chi connectivity index (χ0) is 12.5. The van der Waals surface area contributed by atoms with E-state index in [0.717, 1.165) is 13.0 Å². The number of nitrogens with zero attached hydrogens (tertiary/aromatic N) is 1. The van der Waals surface area contributed by atoms with E-state index in [1.807, 2.05) is 20.0 Å². The number of rotatable bonds is 9. The van der Waals surface area contributed by atoms with Crippen LogP contribution in [0.4, 0.5) is 0 Å². The van der Waals surface area contributed by atoms with Gasteiger partial charge in [-0.05, 0) is 20.3 Å². The smallest absolute Gasteiger partial charge is 0.169 e. The Bertz CT molecular complexity index is 298. The molecule has 0 radical (unpaired) electrons. The van der Waals surface area contributed by atoms with Crippen LogP contribution < -0.4 is 5.32 Å². The molecular weight excluding hydrogens is 236 g/mol. The molecule has 1 aromatic heterocycles. The van der Waals surface area contributed by atoms with Gasteiger partial charge in [-0.15, -0.1) is 11.3 Å². The second-order valence-corrected chi connectivity index (χ2v) is 4.74. The molecule has 0 atom stereocenters. The minimum Gasteiger partial charge on any atom is -0.352 e. The first-order valence-corrected chi connectivity index (χ1v) is 6.99. The lowest BCUT2D eigenvalue weighted by Gasteiger charge is -2.16. The lowest BCUT2D eigenvalue weighted by molar-refractivity contribution is -0.133. The van der Waals surface area contributed by atoms with Crippen molar-refractivity contribution in [2.75, 3.05) is 19.8 Å². The maximum Gasteiger partial charge on any atom is 0.169 e. The van der Waals surface area contributed by atoms with Crippen LogP contribution in [-0.2, 0) is 22.4 Å². The van der Waals surface area contributed by atoms with Gasteiger partial charge >= 0.3 is 0 Å². The predicted molar refractivity (Wildman–Crippen MR) is 70.2 cm³/mol. The number of aryl methyl sites for hydroxylation is 1. The van der Waals surface area contributed by atoms with Gasteiger partial charge < -0.3 is 14.8 Å². The van der Waals surface area contributed by atoms with Crippen molar-refractivity contribution in [3.63, 3.8) is 0 Å². The molecule has 0 aliphatic heterocycles. The van der Waals surface area contributed by atoms with E-state index in [9.17, 15) is 0 Å². The maximum absolute atomic E-state index is 5.45. The molecule has 0 unspecified atom stereocenters. The molecule has 0 aliphatic rings. The fourth-order valence-electron chi connectivity index (χ4n) is 1.44. The third-order valence-electron chi connectivity index (χ3n) is 2.22. The first-order valence-electron chi connectivity index (χ1n) is 6.17. The first-order chi connectivity index (χ1) is 8.30. The molecular formula is C12H22N2O2S. The Morgan fingerprint density at radius 3 is 2.53 bits per heavy atom. The van der Waals surface area contributed by atoms with Crippen molar-refractivity contribution in [1.29, 1.82) is 0 Å². The summed E-state index contributed by atoms with van der Waals surface area (Å²) in [5, 5.41) is 4.52. The normalized spacial score (nSPS) is 11.3. The van der Waals surface area contributed by atoms with E-state index in [4.69, 9.17) is 9.47 Å². The summed E-state index contributed by atoms with van der Waals surface area (Å²) in [5.41, 5.74) is 0. The second-order valence-electron chi connectivity index (χ2n) is 3.55. The van der Waals surface area contributed by atoms with E-state index < -0.39 is 0 Å². The van der Waals surface area contributed by atoms with Gasteiger partial charge in [0.1, 0.15) is 0 Å². The highest BCUT2D eigenvalue weighted by Gasteiger charge is 2.07. The van der Waals surface area contributed by atoms with Crippen LogP contribution in [0.25, 0.3) is 0 Å². The summed E-state index contributed by atoms with van der Waals surface area (Å²) >= 11 is 1.76.